The van der Waals surface area contributed by atoms with Gasteiger partial charge in [0.15, 0.2) is 11.5 Å². The summed E-state index contributed by atoms with van der Waals surface area (Å²) in [6.45, 7) is 2.18. The molecular formula is C24H25N3O3. The fourth-order valence-electron chi connectivity index (χ4n) is 4.07. The molecule has 1 atom stereocenters. The second-order valence-electron chi connectivity index (χ2n) is 7.48. The van der Waals surface area contributed by atoms with Crippen LogP contribution in [-0.2, 0) is 0 Å². The quantitative estimate of drug-likeness (QED) is 0.644. The van der Waals surface area contributed by atoms with Crippen molar-refractivity contribution in [1.82, 2.24) is 10.3 Å². The number of nitrogens with one attached hydrogen (secondary N) is 2. The summed E-state index contributed by atoms with van der Waals surface area (Å²) in [7, 11) is 1.64. The van der Waals surface area contributed by atoms with Crippen LogP contribution in [0.5, 0.6) is 17.4 Å². The maximum absolute atomic E-state index is 5.84. The van der Waals surface area contributed by atoms with Gasteiger partial charge in [-0.25, -0.2) is 4.98 Å². The summed E-state index contributed by atoms with van der Waals surface area (Å²) in [4.78, 5) is 4.73. The molecule has 0 bridgehead atoms. The molecule has 0 spiro atoms. The first-order chi connectivity index (χ1) is 14.8. The lowest BCUT2D eigenvalue weighted by atomic mass is 10.0. The van der Waals surface area contributed by atoms with E-state index in [1.807, 2.05) is 30.3 Å². The molecule has 2 N–H and O–H groups in total. The van der Waals surface area contributed by atoms with Crippen molar-refractivity contribution < 1.29 is 14.2 Å². The summed E-state index contributed by atoms with van der Waals surface area (Å²) in [6, 6.07) is 18.8. The van der Waals surface area contributed by atoms with E-state index in [9.17, 15) is 0 Å². The molecule has 2 aliphatic rings. The summed E-state index contributed by atoms with van der Waals surface area (Å²) in [5.41, 5.74) is 4.81. The van der Waals surface area contributed by atoms with Crippen LogP contribution in [-0.4, -0.2) is 31.9 Å². The fraction of sp³-hybridized carbons (Fsp3) is 0.292. The molecular weight excluding hydrogens is 378 g/mol. The van der Waals surface area contributed by atoms with Gasteiger partial charge in [-0.2, -0.15) is 0 Å². The zero-order valence-electron chi connectivity index (χ0n) is 17.0. The summed E-state index contributed by atoms with van der Waals surface area (Å²) >= 11 is 0. The predicted molar refractivity (Wildman–Crippen MR) is 117 cm³/mol. The smallest absolute Gasteiger partial charge is 0.238 e. The topological polar surface area (TPSA) is 64.6 Å². The van der Waals surface area contributed by atoms with Crippen LogP contribution in [0.25, 0.3) is 11.3 Å². The lowest BCUT2D eigenvalue weighted by molar-refractivity contribution is 0.172. The molecule has 3 heterocycles. The Bertz CT molecular complexity index is 1050. The monoisotopic (exact) mass is 403 g/mol. The zero-order valence-corrected chi connectivity index (χ0v) is 17.0. The summed E-state index contributed by atoms with van der Waals surface area (Å²) < 4.78 is 17.1. The van der Waals surface area contributed by atoms with E-state index >= 15 is 0 Å². The molecule has 1 unspecified atom stereocenters. The van der Waals surface area contributed by atoms with Crippen molar-refractivity contribution in [2.75, 3.05) is 32.2 Å². The minimum Gasteiger partial charge on any atom is -0.486 e. The third-order valence-corrected chi connectivity index (χ3v) is 5.52. The van der Waals surface area contributed by atoms with Gasteiger partial charge in [-0.15, -0.1) is 0 Å². The molecule has 1 fully saturated rings. The Morgan fingerprint density at radius 3 is 2.83 bits per heavy atom. The van der Waals surface area contributed by atoms with Gasteiger partial charge in [0.1, 0.15) is 18.9 Å². The van der Waals surface area contributed by atoms with Gasteiger partial charge in [0, 0.05) is 17.3 Å². The molecule has 0 saturated carbocycles. The lowest BCUT2D eigenvalue weighted by Crippen LogP contribution is -2.16. The molecule has 154 valence electrons. The van der Waals surface area contributed by atoms with Gasteiger partial charge >= 0.3 is 0 Å². The Kier molecular flexibility index (Phi) is 5.15. The molecule has 3 aromatic rings. The molecule has 2 aliphatic heterocycles. The van der Waals surface area contributed by atoms with Crippen LogP contribution >= 0.6 is 0 Å². The molecule has 6 nitrogen and oxygen atoms in total. The van der Waals surface area contributed by atoms with Gasteiger partial charge < -0.3 is 24.8 Å². The number of anilines is 2. The highest BCUT2D eigenvalue weighted by molar-refractivity contribution is 5.75. The molecule has 2 aromatic carbocycles. The average Bonchev–Trinajstić information content (AvgIpc) is 3.34. The SMILES string of the molecule is COc1nc(-c2cccc3c2OCCO3)ccc1Nc1cccc(C2CCCN2)c1. The highest BCUT2D eigenvalue weighted by Gasteiger charge is 2.19. The molecule has 30 heavy (non-hydrogen) atoms. The van der Waals surface area contributed by atoms with Gasteiger partial charge in [0.2, 0.25) is 5.88 Å². The van der Waals surface area contributed by atoms with E-state index in [-0.39, 0.29) is 0 Å². The van der Waals surface area contributed by atoms with Crippen LogP contribution in [0.4, 0.5) is 11.4 Å². The van der Waals surface area contributed by atoms with E-state index < -0.39 is 0 Å². The van der Waals surface area contributed by atoms with E-state index in [2.05, 4.69) is 34.9 Å². The van der Waals surface area contributed by atoms with Crippen LogP contribution in [0, 0.1) is 0 Å². The number of rotatable bonds is 5. The zero-order chi connectivity index (χ0) is 20.3. The van der Waals surface area contributed by atoms with Crippen LogP contribution in [0.3, 0.4) is 0 Å². The van der Waals surface area contributed by atoms with Gasteiger partial charge in [0.25, 0.3) is 0 Å². The number of ether oxygens (including phenoxy) is 3. The van der Waals surface area contributed by atoms with Crippen molar-refractivity contribution in [2.24, 2.45) is 0 Å². The lowest BCUT2D eigenvalue weighted by Gasteiger charge is -2.21. The number of nitrogens with zero attached hydrogens (tertiary/aromatic N) is 1. The third-order valence-electron chi connectivity index (χ3n) is 5.52. The normalized spacial score (nSPS) is 17.6. The van der Waals surface area contributed by atoms with Gasteiger partial charge in [-0.05, 0) is 61.3 Å². The number of benzene rings is 2. The minimum atomic E-state index is 0.431. The summed E-state index contributed by atoms with van der Waals surface area (Å²) in [6.07, 6.45) is 2.40. The van der Waals surface area contributed by atoms with Crippen LogP contribution in [0.2, 0.25) is 0 Å². The fourth-order valence-corrected chi connectivity index (χ4v) is 4.07. The maximum atomic E-state index is 5.84. The number of aromatic nitrogens is 1. The van der Waals surface area contributed by atoms with E-state index in [1.165, 1.54) is 18.4 Å². The highest BCUT2D eigenvalue weighted by Crippen LogP contribution is 2.40. The van der Waals surface area contributed by atoms with Crippen molar-refractivity contribution in [3.05, 3.63) is 60.2 Å². The number of para-hydroxylation sites is 1. The van der Waals surface area contributed by atoms with Crippen molar-refractivity contribution in [2.45, 2.75) is 18.9 Å². The maximum Gasteiger partial charge on any atom is 0.238 e. The Morgan fingerprint density at radius 1 is 1.07 bits per heavy atom. The second-order valence-corrected chi connectivity index (χ2v) is 7.48. The second kappa shape index (κ2) is 8.24. The molecule has 0 radical (unpaired) electrons. The number of methoxy groups -OCH3 is 1. The number of hydrogen-bond acceptors (Lipinski definition) is 6. The first kappa shape index (κ1) is 18.8. The summed E-state index contributed by atoms with van der Waals surface area (Å²) in [5, 5.41) is 7.01. The van der Waals surface area contributed by atoms with Crippen molar-refractivity contribution in [3.8, 4) is 28.6 Å². The molecule has 5 rings (SSSR count). The number of fused-ring (bicyclic) bond motifs is 1. The Hall–Kier alpha value is -3.25. The third kappa shape index (κ3) is 3.66. The number of pyridine rings is 1. The van der Waals surface area contributed by atoms with E-state index in [0.717, 1.165) is 40.7 Å². The largest absolute Gasteiger partial charge is 0.486 e. The first-order valence-electron chi connectivity index (χ1n) is 10.4. The Labute approximate surface area is 176 Å². The standard InChI is InChI=1S/C24H25N3O3/c1-28-24-21(26-17-6-2-5-16(15-17)19-8-4-12-25-19)11-10-20(27-24)18-7-3-9-22-23(18)30-14-13-29-22/h2-3,5-7,9-11,15,19,25-26H,4,8,12-14H2,1H3. The minimum absolute atomic E-state index is 0.431. The highest BCUT2D eigenvalue weighted by atomic mass is 16.6. The van der Waals surface area contributed by atoms with Crippen molar-refractivity contribution >= 4 is 11.4 Å². The Morgan fingerprint density at radius 2 is 1.97 bits per heavy atom. The van der Waals surface area contributed by atoms with Crippen molar-refractivity contribution in [1.29, 1.82) is 0 Å². The molecule has 0 amide bonds. The molecule has 1 aromatic heterocycles. The van der Waals surface area contributed by atoms with Crippen molar-refractivity contribution in [3.63, 3.8) is 0 Å². The van der Waals surface area contributed by atoms with Gasteiger partial charge in [-0.1, -0.05) is 18.2 Å². The molecule has 1 saturated heterocycles. The van der Waals surface area contributed by atoms with Crippen LogP contribution in [0.1, 0.15) is 24.4 Å². The van der Waals surface area contributed by atoms with E-state index in [1.54, 1.807) is 7.11 Å². The van der Waals surface area contributed by atoms with Gasteiger partial charge in [0.05, 0.1) is 12.8 Å². The molecule has 6 heteroatoms. The number of hydrogen-bond donors (Lipinski definition) is 2. The van der Waals surface area contributed by atoms with Gasteiger partial charge in [-0.3, -0.25) is 0 Å². The Balaban J connectivity index is 1.43. The van der Waals surface area contributed by atoms with Crippen LogP contribution in [0.15, 0.2) is 54.6 Å². The van der Waals surface area contributed by atoms with E-state index in [0.29, 0.717) is 25.1 Å². The summed E-state index contributed by atoms with van der Waals surface area (Å²) in [5.74, 6) is 2.01. The average molecular weight is 403 g/mol. The first-order valence-corrected chi connectivity index (χ1v) is 10.4. The predicted octanol–water partition coefficient (Wildman–Crippen LogP) is 4.70. The molecule has 0 aliphatic carbocycles. The van der Waals surface area contributed by atoms with Crippen LogP contribution < -0.4 is 24.8 Å². The van der Waals surface area contributed by atoms with E-state index in [4.69, 9.17) is 19.2 Å².